The first-order chi connectivity index (χ1) is 18.1. The summed E-state index contributed by atoms with van der Waals surface area (Å²) in [7, 11) is 0. The largest absolute Gasteiger partial charge is 0.459 e. The minimum Gasteiger partial charge on any atom is -0.459 e. The highest BCUT2D eigenvalue weighted by molar-refractivity contribution is 6.22. The summed E-state index contributed by atoms with van der Waals surface area (Å²) in [5.74, 6) is -4.41. The molecule has 1 saturated carbocycles. The van der Waals surface area contributed by atoms with Gasteiger partial charge in [0.25, 0.3) is 5.91 Å². The number of allylic oxidation sites excluding steroid dienone is 2. The number of hydrogen-bond donors (Lipinski definition) is 3. The molecule has 2 aliphatic carbocycles. The van der Waals surface area contributed by atoms with Gasteiger partial charge in [-0.2, -0.15) is 0 Å². The fourth-order valence-corrected chi connectivity index (χ4v) is 7.23. The maximum Gasteiger partial charge on any atom is 0.303 e. The van der Waals surface area contributed by atoms with E-state index in [0.717, 1.165) is 24.8 Å². The molecule has 3 heterocycles. The monoisotopic (exact) mass is 545 g/mol. The van der Waals surface area contributed by atoms with E-state index in [1.165, 1.54) is 19.1 Å². The summed E-state index contributed by atoms with van der Waals surface area (Å²) in [5.41, 5.74) is -5.93. The Hall–Kier alpha value is -2.70. The van der Waals surface area contributed by atoms with Crippen molar-refractivity contribution in [3.8, 4) is 0 Å². The Labute approximate surface area is 226 Å². The van der Waals surface area contributed by atoms with E-state index in [0.29, 0.717) is 18.4 Å². The zero-order chi connectivity index (χ0) is 28.8. The molecule has 5 rings (SSSR count). The maximum atomic E-state index is 13.8. The summed E-state index contributed by atoms with van der Waals surface area (Å²) in [5, 5.41) is 33.7. The summed E-state index contributed by atoms with van der Waals surface area (Å²) in [4.78, 5) is 53.6. The lowest BCUT2D eigenvalue weighted by Crippen LogP contribution is -2.59. The van der Waals surface area contributed by atoms with E-state index in [1.807, 2.05) is 6.92 Å². The van der Waals surface area contributed by atoms with E-state index in [1.54, 1.807) is 13.8 Å². The van der Waals surface area contributed by atoms with Crippen LogP contribution in [0.1, 0.15) is 54.4 Å². The molecule has 212 valence electrons. The minimum absolute atomic E-state index is 0.176. The van der Waals surface area contributed by atoms with E-state index in [2.05, 4.69) is 0 Å². The van der Waals surface area contributed by atoms with Crippen LogP contribution >= 0.6 is 0 Å². The average molecular weight is 546 g/mol. The molecule has 3 aliphatic heterocycles. The van der Waals surface area contributed by atoms with Gasteiger partial charge in [0, 0.05) is 30.9 Å². The predicted octanol–water partition coefficient (Wildman–Crippen LogP) is 0.460. The smallest absolute Gasteiger partial charge is 0.303 e. The Balaban J connectivity index is 1.68. The minimum atomic E-state index is -2.51. The lowest BCUT2D eigenvalue weighted by Gasteiger charge is -2.43. The molecule has 2 saturated heterocycles. The highest BCUT2D eigenvalue weighted by Gasteiger charge is 2.73. The first-order valence-electron chi connectivity index (χ1n) is 13.3. The fourth-order valence-electron chi connectivity index (χ4n) is 7.23. The number of fused-ring (bicyclic) bond motifs is 2. The predicted molar refractivity (Wildman–Crippen MR) is 133 cm³/mol. The number of amides is 1. The average Bonchev–Trinajstić information content (AvgIpc) is 3.09. The lowest BCUT2D eigenvalue weighted by atomic mass is 9.75. The number of rotatable bonds is 4. The number of esters is 1. The summed E-state index contributed by atoms with van der Waals surface area (Å²) < 4.78 is 17.6. The van der Waals surface area contributed by atoms with Gasteiger partial charge in [-0.15, -0.1) is 0 Å². The quantitative estimate of drug-likeness (QED) is 0.257. The Kier molecular flexibility index (Phi) is 6.36. The number of nitrogens with zero attached hydrogens (tertiary/aromatic N) is 1. The Bertz CT molecular complexity index is 1250. The van der Waals surface area contributed by atoms with Gasteiger partial charge in [-0.05, 0) is 52.2 Å². The number of carbonyl (C=O) groups excluding carboxylic acids is 4. The van der Waals surface area contributed by atoms with Gasteiger partial charge in [0.15, 0.2) is 17.6 Å². The first kappa shape index (κ1) is 27.9. The van der Waals surface area contributed by atoms with E-state index in [4.69, 9.17) is 14.2 Å². The van der Waals surface area contributed by atoms with Crippen LogP contribution in [0.3, 0.4) is 0 Å². The standard InChI is InChI=1S/C28H35NO10/c1-12-11-27(15(4)38-16(5)30)24(33)26(6,35)25(34)29(27)20-10-17(31)9-18-23(13(2)22(12)28(18,20)36)39-21-8-7-19(32)14(3)37-21/h9-11,13-15,19,21-23,32,35-36H,7-8H2,1-6H3/t13-,14+,15?,19+,21-,22-,23+,26-,27-,28+/m0/s1. The highest BCUT2D eigenvalue weighted by Crippen LogP contribution is 2.59. The van der Waals surface area contributed by atoms with Crippen LogP contribution in [0.5, 0.6) is 0 Å². The van der Waals surface area contributed by atoms with Gasteiger partial charge in [0.2, 0.25) is 11.4 Å². The molecule has 3 N–H and O–H groups in total. The van der Waals surface area contributed by atoms with Crippen molar-refractivity contribution in [1.82, 2.24) is 4.90 Å². The van der Waals surface area contributed by atoms with Gasteiger partial charge >= 0.3 is 5.97 Å². The van der Waals surface area contributed by atoms with Crippen molar-refractivity contribution < 1.29 is 48.7 Å². The second-order valence-electron chi connectivity index (χ2n) is 11.6. The van der Waals surface area contributed by atoms with Crippen molar-refractivity contribution in [2.45, 2.75) is 102 Å². The van der Waals surface area contributed by atoms with Crippen LogP contribution in [-0.2, 0) is 33.4 Å². The zero-order valence-corrected chi connectivity index (χ0v) is 22.8. The van der Waals surface area contributed by atoms with Crippen LogP contribution in [0, 0.1) is 11.8 Å². The van der Waals surface area contributed by atoms with E-state index < -0.39 is 82.7 Å². The molecule has 1 unspecified atom stereocenters. The van der Waals surface area contributed by atoms with E-state index >= 15 is 0 Å². The van der Waals surface area contributed by atoms with Gasteiger partial charge in [-0.1, -0.05) is 12.5 Å². The molecular formula is C28H35NO10. The van der Waals surface area contributed by atoms with Crippen LogP contribution in [0.15, 0.2) is 35.1 Å². The highest BCUT2D eigenvalue weighted by atomic mass is 16.7. The van der Waals surface area contributed by atoms with E-state index in [-0.39, 0.29) is 11.3 Å². The molecular weight excluding hydrogens is 510 g/mol. The third-order valence-corrected chi connectivity index (χ3v) is 9.01. The molecule has 0 bridgehead atoms. The Morgan fingerprint density at radius 2 is 1.85 bits per heavy atom. The maximum absolute atomic E-state index is 13.8. The molecule has 0 aromatic heterocycles. The first-order valence-corrected chi connectivity index (χ1v) is 13.3. The van der Waals surface area contributed by atoms with Crippen LogP contribution in [0.25, 0.3) is 0 Å². The Morgan fingerprint density at radius 1 is 1.18 bits per heavy atom. The summed E-state index contributed by atoms with van der Waals surface area (Å²) >= 11 is 0. The Morgan fingerprint density at radius 3 is 2.46 bits per heavy atom. The summed E-state index contributed by atoms with van der Waals surface area (Å²) in [6.07, 6.45) is 0.861. The molecule has 11 heteroatoms. The summed E-state index contributed by atoms with van der Waals surface area (Å²) in [6.45, 7) is 8.92. The van der Waals surface area contributed by atoms with Crippen molar-refractivity contribution in [3.05, 3.63) is 35.1 Å². The number of Topliss-reactive ketones (excluding diaryl/α,β-unsaturated/α-hetero) is 1. The molecule has 11 nitrogen and oxygen atoms in total. The second-order valence-corrected chi connectivity index (χ2v) is 11.6. The zero-order valence-electron chi connectivity index (χ0n) is 22.8. The molecule has 0 aromatic carbocycles. The van der Waals surface area contributed by atoms with Crippen molar-refractivity contribution in [1.29, 1.82) is 0 Å². The van der Waals surface area contributed by atoms with Gasteiger partial charge in [-0.25, -0.2) is 0 Å². The van der Waals surface area contributed by atoms with Crippen LogP contribution in [-0.4, -0.2) is 91.1 Å². The lowest BCUT2D eigenvalue weighted by molar-refractivity contribution is -0.233. The molecule has 10 atom stereocenters. The van der Waals surface area contributed by atoms with Gasteiger partial charge < -0.3 is 29.5 Å². The molecule has 0 radical (unpaired) electrons. The molecule has 39 heavy (non-hydrogen) atoms. The number of ether oxygens (including phenoxy) is 3. The number of hydrogen-bond acceptors (Lipinski definition) is 10. The molecule has 1 amide bonds. The van der Waals surface area contributed by atoms with Crippen molar-refractivity contribution in [3.63, 3.8) is 0 Å². The third kappa shape index (κ3) is 3.67. The van der Waals surface area contributed by atoms with Crippen LogP contribution in [0.2, 0.25) is 0 Å². The second kappa shape index (κ2) is 8.90. The van der Waals surface area contributed by atoms with Crippen molar-refractivity contribution in [2.75, 3.05) is 0 Å². The topological polar surface area (TPSA) is 160 Å². The van der Waals surface area contributed by atoms with Gasteiger partial charge in [-0.3, -0.25) is 24.1 Å². The molecule has 0 aromatic rings. The number of carbonyl (C=O) groups is 4. The third-order valence-electron chi connectivity index (χ3n) is 9.01. The van der Waals surface area contributed by atoms with Crippen molar-refractivity contribution >= 4 is 23.4 Å². The van der Waals surface area contributed by atoms with Crippen LogP contribution < -0.4 is 0 Å². The molecule has 3 fully saturated rings. The molecule has 0 spiro atoms. The number of aliphatic hydroxyl groups is 3. The van der Waals surface area contributed by atoms with Crippen LogP contribution in [0.4, 0.5) is 0 Å². The number of ketones is 2. The molecule has 5 aliphatic rings. The SMILES string of the molecule is CC(=O)OC(C)[C@]12C=C(C)[C@H]3[C@H](C)[C@@H](O[C@H]4CC[C@@H](O)[C@@H](C)O4)C4=CC(=O)C=C(N1C(=O)[C@@](C)(O)C2=O)[C@]43O. The van der Waals surface area contributed by atoms with Crippen molar-refractivity contribution in [2.24, 2.45) is 11.8 Å². The van der Waals surface area contributed by atoms with E-state index in [9.17, 15) is 34.5 Å². The fraction of sp³-hybridized carbons (Fsp3) is 0.643. The number of aliphatic hydroxyl groups excluding tert-OH is 1. The normalized spacial score (nSPS) is 44.2. The van der Waals surface area contributed by atoms with Gasteiger partial charge in [0.05, 0.1) is 24.0 Å². The van der Waals surface area contributed by atoms with Gasteiger partial charge in [0.1, 0.15) is 11.7 Å². The summed E-state index contributed by atoms with van der Waals surface area (Å²) in [6, 6.07) is 0.